The van der Waals surface area contributed by atoms with E-state index in [0.29, 0.717) is 20.5 Å². The van der Waals surface area contributed by atoms with E-state index in [0.717, 1.165) is 38.2 Å². The molecule has 0 aromatic heterocycles. The Morgan fingerprint density at radius 3 is 2.43 bits per heavy atom. The van der Waals surface area contributed by atoms with Crippen molar-refractivity contribution in [3.8, 4) is 0 Å². The maximum atomic E-state index is 12.5. The summed E-state index contributed by atoms with van der Waals surface area (Å²) in [4.78, 5) is 29.5. The van der Waals surface area contributed by atoms with E-state index in [-0.39, 0.29) is 15.3 Å². The van der Waals surface area contributed by atoms with Gasteiger partial charge >= 0.3 is 187 Å². The van der Waals surface area contributed by atoms with Gasteiger partial charge in [0.15, 0.2) is 0 Å². The summed E-state index contributed by atoms with van der Waals surface area (Å²) in [5.41, 5.74) is 2.62. The number of likely N-dealkylation sites (tertiary alicyclic amines) is 1. The number of para-hydroxylation sites is 1. The summed E-state index contributed by atoms with van der Waals surface area (Å²) in [6.45, 7) is 7.20. The number of carbonyl (C=O) groups is 2. The van der Waals surface area contributed by atoms with Crippen molar-refractivity contribution in [2.45, 2.75) is 71.7 Å². The molecule has 1 amide bonds. The van der Waals surface area contributed by atoms with Crippen LogP contribution >= 0.6 is 19.8 Å². The third-order valence-electron chi connectivity index (χ3n) is 7.83. The number of alkyl halides is 2. The summed E-state index contributed by atoms with van der Waals surface area (Å²) < 4.78 is 6.98. The average molecular weight is 524 g/mol. The number of halogens is 1. The first kappa shape index (κ1) is 20.7. The topological polar surface area (TPSA) is 49.9 Å². The normalized spacial score (nSPS) is 31.1. The van der Waals surface area contributed by atoms with Crippen molar-refractivity contribution in [2.24, 2.45) is 0 Å². The Balaban J connectivity index is 1.27. The number of amides is 1. The monoisotopic (exact) mass is 524 g/mol. The van der Waals surface area contributed by atoms with E-state index in [2.05, 4.69) is 23.1 Å². The molecule has 1 aromatic rings. The first-order valence-electron chi connectivity index (χ1n) is 11.5. The number of hydrogen-bond acceptors (Lipinski definition) is 4. The molecule has 30 heavy (non-hydrogen) atoms. The van der Waals surface area contributed by atoms with E-state index in [4.69, 9.17) is 4.74 Å². The van der Waals surface area contributed by atoms with Crippen LogP contribution in [0.4, 0.5) is 10.5 Å². The molecule has 0 radical (unpaired) electrons. The Hall–Kier alpha value is -1.15. The van der Waals surface area contributed by atoms with Crippen LogP contribution in [0, 0.1) is 0 Å². The quantitative estimate of drug-likeness (QED) is 0.326. The first-order valence-corrected chi connectivity index (χ1v) is 15.0. The molecule has 3 fully saturated rings. The van der Waals surface area contributed by atoms with Crippen LogP contribution in [0.25, 0.3) is 0 Å². The number of anilines is 1. The number of ether oxygens (including phenoxy) is 1. The number of piperidine rings is 1. The summed E-state index contributed by atoms with van der Waals surface area (Å²) >= 11 is -1.63. The number of carbonyl (C=O) groups excluding carboxylic acids is 2. The summed E-state index contributed by atoms with van der Waals surface area (Å²) in [5, 5.41) is 0. The summed E-state index contributed by atoms with van der Waals surface area (Å²) in [6, 6.07) is 9.16. The molecule has 6 heteroatoms. The van der Waals surface area contributed by atoms with Gasteiger partial charge in [-0.2, -0.15) is 0 Å². The Bertz CT molecular complexity index is 821. The number of nitrogens with zero attached hydrogens (tertiary/aromatic N) is 2. The van der Waals surface area contributed by atoms with Gasteiger partial charge in [0.2, 0.25) is 0 Å². The Morgan fingerprint density at radius 1 is 1.13 bits per heavy atom. The van der Waals surface area contributed by atoms with E-state index in [1.54, 1.807) is 6.92 Å². The van der Waals surface area contributed by atoms with E-state index >= 15 is 0 Å². The zero-order valence-corrected chi connectivity index (χ0v) is 20.3. The Kier molecular flexibility index (Phi) is 5.58. The Labute approximate surface area is 186 Å². The molecule has 0 aliphatic carbocycles. The van der Waals surface area contributed by atoms with Crippen LogP contribution in [0.5, 0.6) is 0 Å². The fraction of sp³-hybridized carbons (Fsp3) is 0.667. The minimum absolute atomic E-state index is 0.121. The van der Waals surface area contributed by atoms with Crippen LogP contribution in [0.15, 0.2) is 24.3 Å². The van der Waals surface area contributed by atoms with Gasteiger partial charge < -0.3 is 0 Å². The molecule has 5 rings (SSSR count). The second-order valence-corrected chi connectivity index (χ2v) is 15.7. The molecule has 2 unspecified atom stereocenters. The number of rotatable bonds is 3. The van der Waals surface area contributed by atoms with Crippen LogP contribution in [-0.2, 0) is 14.9 Å². The van der Waals surface area contributed by atoms with E-state index < -0.39 is 19.8 Å². The number of hydrogen-bond donors (Lipinski definition) is 0. The van der Waals surface area contributed by atoms with Crippen LogP contribution < -0.4 is 4.90 Å². The third-order valence-corrected chi connectivity index (χ3v) is 15.2. The fourth-order valence-corrected chi connectivity index (χ4v) is 14.2. The van der Waals surface area contributed by atoms with Crippen molar-refractivity contribution in [2.75, 3.05) is 31.1 Å². The molecule has 4 heterocycles. The molecule has 1 aromatic carbocycles. The summed E-state index contributed by atoms with van der Waals surface area (Å²) in [7, 11) is 0. The maximum absolute atomic E-state index is 12.5. The van der Waals surface area contributed by atoms with Crippen molar-refractivity contribution in [1.29, 1.82) is 0 Å². The second-order valence-electron chi connectivity index (χ2n) is 9.35. The molecule has 1 spiro atoms. The molecule has 5 nitrogen and oxygen atoms in total. The SMILES string of the molecule is CCOC(=O)I1C2CCC1CC(N1CCC3(CC1)CN(C(C)=O)c1ccccc13)C2. The molecule has 164 valence electrons. The number of benzene rings is 1. The molecule has 2 atom stereocenters. The third kappa shape index (κ3) is 3.38. The van der Waals surface area contributed by atoms with E-state index in [1.165, 1.54) is 31.2 Å². The van der Waals surface area contributed by atoms with Gasteiger partial charge in [-0.3, -0.25) is 0 Å². The average Bonchev–Trinajstić information content (AvgIpc) is 3.21. The van der Waals surface area contributed by atoms with E-state index in [1.807, 2.05) is 17.9 Å². The van der Waals surface area contributed by atoms with Crippen molar-refractivity contribution in [3.05, 3.63) is 29.8 Å². The number of fused-ring (bicyclic) bond motifs is 4. The standard InChI is InChI=1S/C24H33IN2O3/c1-3-30-23(29)25-18-8-9-19(25)15-20(14-18)26-12-10-24(11-13-26)16-27(17(2)28)22-7-5-4-6-21(22)24/h4-7,18-20H,3,8-16H2,1-2H3. The van der Waals surface area contributed by atoms with Crippen molar-refractivity contribution in [3.63, 3.8) is 0 Å². The molecule has 4 aliphatic heterocycles. The summed E-state index contributed by atoms with van der Waals surface area (Å²) in [6.07, 6.45) is 7.18. The Morgan fingerprint density at radius 2 is 1.80 bits per heavy atom. The zero-order valence-electron chi connectivity index (χ0n) is 18.1. The molecule has 2 bridgehead atoms. The van der Waals surface area contributed by atoms with Gasteiger partial charge in [0, 0.05) is 0 Å². The molecule has 0 saturated carbocycles. The second kappa shape index (κ2) is 8.08. The van der Waals surface area contributed by atoms with Gasteiger partial charge in [0.25, 0.3) is 0 Å². The molecular formula is C24H33IN2O3. The fourth-order valence-electron chi connectivity index (χ4n) is 6.35. The molecule has 4 aliphatic rings. The zero-order chi connectivity index (χ0) is 20.9. The van der Waals surface area contributed by atoms with Crippen LogP contribution in [0.3, 0.4) is 0 Å². The van der Waals surface area contributed by atoms with Crippen LogP contribution in [0.1, 0.15) is 57.9 Å². The van der Waals surface area contributed by atoms with Crippen LogP contribution in [-0.4, -0.2) is 54.9 Å². The molecule has 3 saturated heterocycles. The van der Waals surface area contributed by atoms with Gasteiger partial charge in [0.05, 0.1) is 0 Å². The van der Waals surface area contributed by atoms with Crippen molar-refractivity contribution >= 4 is 35.4 Å². The van der Waals surface area contributed by atoms with Gasteiger partial charge in [-0.15, -0.1) is 0 Å². The molecular weight excluding hydrogens is 491 g/mol. The van der Waals surface area contributed by atoms with Crippen molar-refractivity contribution < 1.29 is 14.3 Å². The molecule has 0 N–H and O–H groups in total. The minimum atomic E-state index is -1.63. The van der Waals surface area contributed by atoms with Gasteiger partial charge in [-0.05, 0) is 0 Å². The van der Waals surface area contributed by atoms with Gasteiger partial charge in [0.1, 0.15) is 0 Å². The predicted molar refractivity (Wildman–Crippen MR) is 128 cm³/mol. The predicted octanol–water partition coefficient (Wildman–Crippen LogP) is 4.74. The van der Waals surface area contributed by atoms with Crippen molar-refractivity contribution in [1.82, 2.24) is 4.90 Å². The van der Waals surface area contributed by atoms with Crippen LogP contribution in [0.2, 0.25) is 0 Å². The summed E-state index contributed by atoms with van der Waals surface area (Å²) in [5.74, 6) is 0.154. The van der Waals surface area contributed by atoms with Gasteiger partial charge in [-0.1, -0.05) is 0 Å². The van der Waals surface area contributed by atoms with E-state index in [9.17, 15) is 9.59 Å². The van der Waals surface area contributed by atoms with Gasteiger partial charge in [-0.25, -0.2) is 0 Å². The first-order chi connectivity index (χ1) is 14.5.